The minimum atomic E-state index is -0.282. The van der Waals surface area contributed by atoms with Crippen molar-refractivity contribution in [2.45, 2.75) is 6.92 Å². The second-order valence-electron chi connectivity index (χ2n) is 3.55. The maximum Gasteiger partial charge on any atom is 0.131 e. The van der Waals surface area contributed by atoms with Gasteiger partial charge in [0.1, 0.15) is 5.82 Å². The van der Waals surface area contributed by atoms with Crippen LogP contribution in [0.15, 0.2) is 36.7 Å². The van der Waals surface area contributed by atoms with Gasteiger partial charge in [-0.3, -0.25) is 4.98 Å². The molecule has 0 spiro atoms. The van der Waals surface area contributed by atoms with Gasteiger partial charge in [-0.15, -0.1) is 6.42 Å². The summed E-state index contributed by atoms with van der Waals surface area (Å²) in [6.45, 7) is 1.91. The number of aromatic nitrogens is 1. The average molecular weight is 211 g/mol. The first-order chi connectivity index (χ1) is 7.72. The second kappa shape index (κ2) is 4.16. The van der Waals surface area contributed by atoms with E-state index in [1.807, 2.05) is 6.92 Å². The van der Waals surface area contributed by atoms with Gasteiger partial charge in [0.15, 0.2) is 0 Å². The predicted molar refractivity (Wildman–Crippen MR) is 62.3 cm³/mol. The summed E-state index contributed by atoms with van der Waals surface area (Å²) in [6, 6.07) is 6.65. The van der Waals surface area contributed by atoms with E-state index >= 15 is 0 Å². The molecule has 0 saturated heterocycles. The second-order valence-corrected chi connectivity index (χ2v) is 3.55. The lowest BCUT2D eigenvalue weighted by atomic mass is 10.0. The molecular formula is C14H10FN. The maximum atomic E-state index is 13.7. The largest absolute Gasteiger partial charge is 0.264 e. The number of hydrogen-bond donors (Lipinski definition) is 0. The molecule has 16 heavy (non-hydrogen) atoms. The third-order valence-electron chi connectivity index (χ3n) is 2.39. The molecular weight excluding hydrogens is 201 g/mol. The summed E-state index contributed by atoms with van der Waals surface area (Å²) in [5, 5.41) is 0. The highest BCUT2D eigenvalue weighted by atomic mass is 19.1. The van der Waals surface area contributed by atoms with Crippen LogP contribution in [0.2, 0.25) is 0 Å². The Kier molecular flexibility index (Phi) is 2.70. The molecule has 2 rings (SSSR count). The van der Waals surface area contributed by atoms with Crippen LogP contribution in [0.4, 0.5) is 4.39 Å². The minimum absolute atomic E-state index is 0.282. The number of aryl methyl sites for hydroxylation is 1. The summed E-state index contributed by atoms with van der Waals surface area (Å²) in [6.07, 6.45) is 8.57. The monoisotopic (exact) mass is 211 g/mol. The summed E-state index contributed by atoms with van der Waals surface area (Å²) >= 11 is 0. The lowest BCUT2D eigenvalue weighted by molar-refractivity contribution is 0.631. The molecule has 0 fully saturated rings. The van der Waals surface area contributed by atoms with Crippen molar-refractivity contribution >= 4 is 0 Å². The van der Waals surface area contributed by atoms with Crippen molar-refractivity contribution in [3.8, 4) is 23.5 Å². The molecule has 2 aromatic rings. The molecule has 0 amide bonds. The number of benzene rings is 1. The zero-order valence-corrected chi connectivity index (χ0v) is 8.87. The fourth-order valence-corrected chi connectivity index (χ4v) is 1.58. The van der Waals surface area contributed by atoms with Gasteiger partial charge in [0.2, 0.25) is 0 Å². The third kappa shape index (κ3) is 1.80. The van der Waals surface area contributed by atoms with E-state index in [1.54, 1.807) is 30.6 Å². The summed E-state index contributed by atoms with van der Waals surface area (Å²) < 4.78 is 13.7. The maximum absolute atomic E-state index is 13.7. The Balaban J connectivity index is 2.68. The molecule has 0 aliphatic heterocycles. The molecule has 0 aliphatic carbocycles. The topological polar surface area (TPSA) is 12.9 Å². The SMILES string of the molecule is C#Cc1ccncc1-c1cc(C)ccc1F. The molecule has 1 aromatic heterocycles. The van der Waals surface area contributed by atoms with Gasteiger partial charge in [-0.1, -0.05) is 17.6 Å². The number of hydrogen-bond acceptors (Lipinski definition) is 1. The fraction of sp³-hybridized carbons (Fsp3) is 0.0714. The van der Waals surface area contributed by atoms with Gasteiger partial charge in [0, 0.05) is 29.1 Å². The highest BCUT2D eigenvalue weighted by Gasteiger charge is 2.08. The normalized spacial score (nSPS) is 9.81. The van der Waals surface area contributed by atoms with E-state index in [0.717, 1.165) is 5.56 Å². The van der Waals surface area contributed by atoms with E-state index in [0.29, 0.717) is 16.7 Å². The van der Waals surface area contributed by atoms with E-state index in [9.17, 15) is 4.39 Å². The van der Waals surface area contributed by atoms with E-state index in [4.69, 9.17) is 6.42 Å². The van der Waals surface area contributed by atoms with Gasteiger partial charge in [0.05, 0.1) is 0 Å². The third-order valence-corrected chi connectivity index (χ3v) is 2.39. The van der Waals surface area contributed by atoms with Crippen LogP contribution in [0.25, 0.3) is 11.1 Å². The summed E-state index contributed by atoms with van der Waals surface area (Å²) in [5.41, 5.74) is 2.80. The van der Waals surface area contributed by atoms with Crippen molar-refractivity contribution < 1.29 is 4.39 Å². The number of pyridine rings is 1. The van der Waals surface area contributed by atoms with E-state index < -0.39 is 0 Å². The first-order valence-corrected chi connectivity index (χ1v) is 4.89. The van der Waals surface area contributed by atoms with Gasteiger partial charge >= 0.3 is 0 Å². The molecule has 0 bridgehead atoms. The van der Waals surface area contributed by atoms with Crippen molar-refractivity contribution in [3.63, 3.8) is 0 Å². The molecule has 0 radical (unpaired) electrons. The molecule has 0 unspecified atom stereocenters. The van der Waals surface area contributed by atoms with Crippen molar-refractivity contribution in [1.82, 2.24) is 4.98 Å². The average Bonchev–Trinajstić information content (AvgIpc) is 2.32. The van der Waals surface area contributed by atoms with Crippen molar-refractivity contribution in [1.29, 1.82) is 0 Å². The van der Waals surface area contributed by atoms with Gasteiger partial charge in [0.25, 0.3) is 0 Å². The smallest absolute Gasteiger partial charge is 0.131 e. The van der Waals surface area contributed by atoms with Gasteiger partial charge in [-0.05, 0) is 25.1 Å². The zero-order chi connectivity index (χ0) is 11.5. The summed E-state index contributed by atoms with van der Waals surface area (Å²) in [5.74, 6) is 2.25. The number of halogens is 1. The highest BCUT2D eigenvalue weighted by molar-refractivity contribution is 5.70. The first kappa shape index (κ1) is 10.4. The molecule has 0 atom stereocenters. The summed E-state index contributed by atoms with van der Waals surface area (Å²) in [7, 11) is 0. The molecule has 0 saturated carbocycles. The number of nitrogens with zero attached hydrogens (tertiary/aromatic N) is 1. The standard InChI is InChI=1S/C14H10FN/c1-3-11-6-7-16-9-13(11)12-8-10(2)4-5-14(12)15/h1,4-9H,2H3. The van der Waals surface area contributed by atoms with Gasteiger partial charge in [-0.2, -0.15) is 0 Å². The molecule has 1 aromatic carbocycles. The number of terminal acetylenes is 1. The van der Waals surface area contributed by atoms with Crippen LogP contribution in [0.3, 0.4) is 0 Å². The van der Waals surface area contributed by atoms with Crippen LogP contribution in [0.5, 0.6) is 0 Å². The van der Waals surface area contributed by atoms with Crippen LogP contribution in [-0.4, -0.2) is 4.98 Å². The van der Waals surface area contributed by atoms with Gasteiger partial charge in [-0.25, -0.2) is 4.39 Å². The van der Waals surface area contributed by atoms with Crippen molar-refractivity contribution in [3.05, 3.63) is 53.6 Å². The molecule has 2 heteroatoms. The molecule has 0 aliphatic rings. The Morgan fingerprint density at radius 3 is 2.81 bits per heavy atom. The van der Waals surface area contributed by atoms with Gasteiger partial charge < -0.3 is 0 Å². The lowest BCUT2D eigenvalue weighted by Crippen LogP contribution is -1.90. The fourth-order valence-electron chi connectivity index (χ4n) is 1.58. The molecule has 1 nitrogen and oxygen atoms in total. The van der Waals surface area contributed by atoms with Crippen LogP contribution in [-0.2, 0) is 0 Å². The van der Waals surface area contributed by atoms with Crippen LogP contribution in [0.1, 0.15) is 11.1 Å². The quantitative estimate of drug-likeness (QED) is 0.660. The number of rotatable bonds is 1. The predicted octanol–water partition coefficient (Wildman–Crippen LogP) is 3.18. The Bertz CT molecular complexity index is 567. The Hall–Kier alpha value is -2.14. The first-order valence-electron chi connectivity index (χ1n) is 4.89. The van der Waals surface area contributed by atoms with Crippen molar-refractivity contribution in [2.75, 3.05) is 0 Å². The lowest BCUT2D eigenvalue weighted by Gasteiger charge is -2.06. The van der Waals surface area contributed by atoms with Crippen LogP contribution < -0.4 is 0 Å². The zero-order valence-electron chi connectivity index (χ0n) is 8.87. The summed E-state index contributed by atoms with van der Waals surface area (Å²) in [4.78, 5) is 3.98. The van der Waals surface area contributed by atoms with Crippen LogP contribution >= 0.6 is 0 Å². The Labute approximate surface area is 94.0 Å². The Morgan fingerprint density at radius 1 is 1.25 bits per heavy atom. The minimum Gasteiger partial charge on any atom is -0.264 e. The Morgan fingerprint density at radius 2 is 2.06 bits per heavy atom. The van der Waals surface area contributed by atoms with Crippen molar-refractivity contribution in [2.24, 2.45) is 0 Å². The van der Waals surface area contributed by atoms with Crippen LogP contribution in [0, 0.1) is 25.1 Å². The van der Waals surface area contributed by atoms with E-state index in [-0.39, 0.29) is 5.82 Å². The molecule has 1 heterocycles. The van der Waals surface area contributed by atoms with E-state index in [1.165, 1.54) is 6.07 Å². The van der Waals surface area contributed by atoms with E-state index in [2.05, 4.69) is 10.9 Å². The molecule has 0 N–H and O–H groups in total. The molecule has 78 valence electrons. The highest BCUT2D eigenvalue weighted by Crippen LogP contribution is 2.25.